The van der Waals surface area contributed by atoms with Crippen molar-refractivity contribution in [1.82, 2.24) is 4.98 Å². The number of pyridine rings is 1. The van der Waals surface area contributed by atoms with E-state index in [0.29, 0.717) is 12.2 Å². The molecule has 0 radical (unpaired) electrons. The Bertz CT molecular complexity index is 1030. The highest BCUT2D eigenvalue weighted by Crippen LogP contribution is 2.34. The van der Waals surface area contributed by atoms with Gasteiger partial charge >= 0.3 is 0 Å². The maximum atomic E-state index is 13.2. The Balaban J connectivity index is 2.38. The lowest BCUT2D eigenvalue weighted by Gasteiger charge is -2.15. The topological polar surface area (TPSA) is 62.2 Å². The minimum Gasteiger partial charge on any atom is -0.388 e. The third kappa shape index (κ3) is 8.43. The second-order valence-electron chi connectivity index (χ2n) is 9.13. The Hall–Kier alpha value is -2.79. The molecule has 4 nitrogen and oxygen atoms in total. The normalized spacial score (nSPS) is 20.3. The van der Waals surface area contributed by atoms with Crippen LogP contribution in [0.4, 0.5) is 10.2 Å². The van der Waals surface area contributed by atoms with E-state index in [1.54, 1.807) is 6.20 Å². The first-order valence-electron chi connectivity index (χ1n) is 12.8. The molecule has 0 aromatic carbocycles. The number of amides is 1. The van der Waals surface area contributed by atoms with Crippen molar-refractivity contribution in [2.45, 2.75) is 85.9 Å². The Kier molecular flexibility index (Phi) is 11.3. The molecule has 3 unspecified atom stereocenters. The molecule has 2 rings (SSSR count). The number of anilines is 1. The van der Waals surface area contributed by atoms with Crippen molar-refractivity contribution >= 4 is 17.8 Å². The number of hydrogen-bond acceptors (Lipinski definition) is 3. The van der Waals surface area contributed by atoms with Gasteiger partial charge in [0.2, 0.25) is 5.91 Å². The number of carbonyl (C=O) groups is 1. The molecule has 3 atom stereocenters. The van der Waals surface area contributed by atoms with Gasteiger partial charge in [-0.05, 0) is 92.0 Å². The van der Waals surface area contributed by atoms with E-state index in [9.17, 15) is 14.3 Å². The van der Waals surface area contributed by atoms with Crippen molar-refractivity contribution in [3.05, 3.63) is 76.1 Å². The van der Waals surface area contributed by atoms with Gasteiger partial charge in [-0.3, -0.25) is 4.79 Å². The number of rotatable bonds is 12. The molecule has 0 bridgehead atoms. The van der Waals surface area contributed by atoms with Crippen LogP contribution in [0, 0.1) is 12.8 Å². The fourth-order valence-electron chi connectivity index (χ4n) is 3.98. The summed E-state index contributed by atoms with van der Waals surface area (Å²) in [5.41, 5.74) is 6.07. The highest BCUT2D eigenvalue weighted by Gasteiger charge is 2.43. The van der Waals surface area contributed by atoms with Crippen molar-refractivity contribution in [3.63, 3.8) is 0 Å². The summed E-state index contributed by atoms with van der Waals surface area (Å²) in [5, 5.41) is 13.3. The Labute approximate surface area is 210 Å². The minimum absolute atomic E-state index is 0.294. The molecule has 1 saturated carbocycles. The first-order chi connectivity index (χ1) is 16.7. The molecular formula is C30H41FN2O2. The van der Waals surface area contributed by atoms with E-state index < -0.39 is 18.2 Å². The minimum atomic E-state index is -1.03. The Morgan fingerprint density at radius 1 is 1.31 bits per heavy atom. The van der Waals surface area contributed by atoms with E-state index >= 15 is 0 Å². The van der Waals surface area contributed by atoms with E-state index in [4.69, 9.17) is 0 Å². The third-order valence-corrected chi connectivity index (χ3v) is 6.09. The molecule has 5 heteroatoms. The fourth-order valence-corrected chi connectivity index (χ4v) is 3.98. The van der Waals surface area contributed by atoms with Crippen LogP contribution >= 0.6 is 0 Å². The van der Waals surface area contributed by atoms with Crippen molar-refractivity contribution in [3.8, 4) is 0 Å². The van der Waals surface area contributed by atoms with E-state index in [-0.39, 0.29) is 5.91 Å². The molecular weight excluding hydrogens is 439 g/mol. The second-order valence-corrected chi connectivity index (χ2v) is 9.13. The summed E-state index contributed by atoms with van der Waals surface area (Å²) < 4.78 is 13.2. The average molecular weight is 481 g/mol. The zero-order valence-electron chi connectivity index (χ0n) is 22.1. The molecule has 1 amide bonds. The van der Waals surface area contributed by atoms with Crippen molar-refractivity contribution in [2.24, 2.45) is 5.92 Å². The lowest BCUT2D eigenvalue weighted by molar-refractivity contribution is -0.117. The van der Waals surface area contributed by atoms with E-state index in [0.717, 1.165) is 59.1 Å². The van der Waals surface area contributed by atoms with Crippen LogP contribution in [0.25, 0.3) is 6.08 Å². The molecule has 0 spiro atoms. The number of carbonyl (C=O) groups excluding carboxylic acids is 1. The highest BCUT2D eigenvalue weighted by molar-refractivity contribution is 5.94. The number of allylic oxidation sites excluding steroid dienone is 7. The van der Waals surface area contributed by atoms with Crippen LogP contribution in [-0.2, 0) is 4.79 Å². The summed E-state index contributed by atoms with van der Waals surface area (Å²) in [4.78, 5) is 16.5. The van der Waals surface area contributed by atoms with Gasteiger partial charge in [-0.1, -0.05) is 57.6 Å². The van der Waals surface area contributed by atoms with E-state index in [1.807, 2.05) is 19.9 Å². The van der Waals surface area contributed by atoms with Crippen LogP contribution in [0.1, 0.15) is 77.8 Å². The standard InChI is InChI=1S/C30H41FN2O2/c1-7-11-14-22(25(10-4)21(6)15-23(12-8-2)28(34)13-9-3)17-24-19-32-29(16-20(24)5)33-30(35)26-18-27(26)31/h10-12,14-17,19,26-28,34H,7-9,13,18H2,1-6H3,(H,32,33,35)/b14-11+,21-15-,22-17+,23-12-,25-10+. The third-order valence-electron chi connectivity index (χ3n) is 6.09. The second kappa shape index (κ2) is 13.9. The summed E-state index contributed by atoms with van der Waals surface area (Å²) >= 11 is 0. The number of aryl methyl sites for hydroxylation is 1. The summed E-state index contributed by atoms with van der Waals surface area (Å²) in [5.74, 6) is -0.412. The fraction of sp³-hybridized carbons (Fsp3) is 0.467. The summed E-state index contributed by atoms with van der Waals surface area (Å²) in [6.07, 6.45) is 16.6. The summed E-state index contributed by atoms with van der Waals surface area (Å²) in [7, 11) is 0. The van der Waals surface area contributed by atoms with Gasteiger partial charge in [-0.25, -0.2) is 9.37 Å². The van der Waals surface area contributed by atoms with Crippen LogP contribution in [0.15, 0.2) is 64.9 Å². The highest BCUT2D eigenvalue weighted by atomic mass is 19.1. The summed E-state index contributed by atoms with van der Waals surface area (Å²) in [6.45, 7) is 12.3. The number of aliphatic hydroxyl groups is 1. The molecule has 1 aromatic heterocycles. The molecule has 0 saturated heterocycles. The van der Waals surface area contributed by atoms with Gasteiger partial charge in [0.1, 0.15) is 12.0 Å². The van der Waals surface area contributed by atoms with Gasteiger partial charge in [-0.2, -0.15) is 0 Å². The predicted octanol–water partition coefficient (Wildman–Crippen LogP) is 7.43. The summed E-state index contributed by atoms with van der Waals surface area (Å²) in [6, 6.07) is 1.82. The van der Waals surface area contributed by atoms with Gasteiger partial charge in [0.25, 0.3) is 0 Å². The van der Waals surface area contributed by atoms with Crippen LogP contribution in [0.5, 0.6) is 0 Å². The number of aliphatic hydroxyl groups excluding tert-OH is 1. The molecule has 1 aliphatic carbocycles. The van der Waals surface area contributed by atoms with Gasteiger partial charge in [-0.15, -0.1) is 0 Å². The number of nitrogens with zero attached hydrogens (tertiary/aromatic N) is 1. The number of alkyl halides is 1. The maximum absolute atomic E-state index is 13.2. The van der Waals surface area contributed by atoms with Crippen LogP contribution < -0.4 is 5.32 Å². The van der Waals surface area contributed by atoms with Gasteiger partial charge < -0.3 is 10.4 Å². The predicted molar refractivity (Wildman–Crippen MR) is 145 cm³/mol. The largest absolute Gasteiger partial charge is 0.388 e. The van der Waals surface area contributed by atoms with Crippen molar-refractivity contribution < 1.29 is 14.3 Å². The van der Waals surface area contributed by atoms with Crippen molar-refractivity contribution in [2.75, 3.05) is 5.32 Å². The number of nitrogens with one attached hydrogen (secondary N) is 1. The van der Waals surface area contributed by atoms with E-state index in [1.165, 1.54) is 0 Å². The van der Waals surface area contributed by atoms with E-state index in [2.05, 4.69) is 74.5 Å². The molecule has 1 fully saturated rings. The van der Waals surface area contributed by atoms with Crippen LogP contribution in [0.3, 0.4) is 0 Å². The lowest BCUT2D eigenvalue weighted by Crippen LogP contribution is -2.16. The Morgan fingerprint density at radius 2 is 2.03 bits per heavy atom. The number of aromatic nitrogens is 1. The van der Waals surface area contributed by atoms with Crippen molar-refractivity contribution in [1.29, 1.82) is 0 Å². The van der Waals surface area contributed by atoms with Gasteiger partial charge in [0, 0.05) is 6.20 Å². The SMILES string of the molecule is C/C=C(C(\C)=C/C(=C/CC)C(O)CCC)/C(/C=C/CC)=C/c1cnc(NC(=O)C2CC2F)cc1C. The van der Waals surface area contributed by atoms with Gasteiger partial charge in [0.15, 0.2) is 0 Å². The maximum Gasteiger partial charge on any atom is 0.231 e. The first kappa shape index (κ1) is 28.4. The molecule has 35 heavy (non-hydrogen) atoms. The monoisotopic (exact) mass is 480 g/mol. The molecule has 1 aliphatic rings. The number of halogens is 1. The zero-order chi connectivity index (χ0) is 26.0. The zero-order valence-corrected chi connectivity index (χ0v) is 22.1. The quantitative estimate of drug-likeness (QED) is 0.306. The smallest absolute Gasteiger partial charge is 0.231 e. The van der Waals surface area contributed by atoms with Crippen LogP contribution in [0.2, 0.25) is 0 Å². The number of hydrogen-bond donors (Lipinski definition) is 2. The molecule has 1 aromatic rings. The first-order valence-corrected chi connectivity index (χ1v) is 12.8. The average Bonchev–Trinajstić information content (AvgIpc) is 3.56. The van der Waals surface area contributed by atoms with Crippen LogP contribution in [-0.4, -0.2) is 28.3 Å². The Morgan fingerprint density at radius 3 is 2.57 bits per heavy atom. The molecule has 1 heterocycles. The molecule has 190 valence electrons. The molecule has 2 N–H and O–H groups in total. The van der Waals surface area contributed by atoms with Gasteiger partial charge in [0.05, 0.1) is 12.0 Å². The molecule has 0 aliphatic heterocycles. The lowest BCUT2D eigenvalue weighted by atomic mass is 9.92.